The average molecular weight is 269 g/mol. The van der Waals surface area contributed by atoms with Crippen LogP contribution in [0.1, 0.15) is 5.56 Å². The van der Waals surface area contributed by atoms with Gasteiger partial charge in [0.15, 0.2) is 3.92 Å². The zero-order valence-electron chi connectivity index (χ0n) is 7.40. The van der Waals surface area contributed by atoms with Gasteiger partial charge in [0.2, 0.25) is 0 Å². The van der Waals surface area contributed by atoms with Gasteiger partial charge in [-0.1, -0.05) is 18.2 Å². The minimum atomic E-state index is 0.569. The molecule has 14 heavy (non-hydrogen) atoms. The maximum absolute atomic E-state index is 5.57. The third kappa shape index (κ3) is 2.03. The molecule has 0 bridgehead atoms. The van der Waals surface area contributed by atoms with Crippen molar-refractivity contribution >= 4 is 27.3 Å². The first-order chi connectivity index (χ1) is 6.79. The SMILES string of the molecule is NCc1cccc(-c2csc(Br)n2)c1. The van der Waals surface area contributed by atoms with E-state index in [0.717, 1.165) is 20.7 Å². The topological polar surface area (TPSA) is 38.9 Å². The molecule has 2 N–H and O–H groups in total. The fourth-order valence-electron chi connectivity index (χ4n) is 1.24. The van der Waals surface area contributed by atoms with Gasteiger partial charge in [-0.05, 0) is 27.6 Å². The van der Waals surface area contributed by atoms with E-state index in [-0.39, 0.29) is 0 Å². The van der Waals surface area contributed by atoms with Gasteiger partial charge in [-0.3, -0.25) is 0 Å². The molecule has 0 fully saturated rings. The van der Waals surface area contributed by atoms with Crippen LogP contribution in [0.15, 0.2) is 33.6 Å². The number of thiazole rings is 1. The van der Waals surface area contributed by atoms with Crippen molar-refractivity contribution in [3.8, 4) is 11.3 Å². The Hall–Kier alpha value is -0.710. The molecule has 0 unspecified atom stereocenters. The smallest absolute Gasteiger partial charge is 0.159 e. The van der Waals surface area contributed by atoms with Crippen molar-refractivity contribution in [1.82, 2.24) is 4.98 Å². The highest BCUT2D eigenvalue weighted by molar-refractivity contribution is 9.11. The largest absolute Gasteiger partial charge is 0.326 e. The highest BCUT2D eigenvalue weighted by Crippen LogP contribution is 2.25. The van der Waals surface area contributed by atoms with E-state index >= 15 is 0 Å². The molecule has 2 aromatic rings. The van der Waals surface area contributed by atoms with Crippen LogP contribution in [-0.2, 0) is 6.54 Å². The summed E-state index contributed by atoms with van der Waals surface area (Å²) in [5, 5.41) is 2.03. The summed E-state index contributed by atoms with van der Waals surface area (Å²) in [6.07, 6.45) is 0. The van der Waals surface area contributed by atoms with Gasteiger partial charge < -0.3 is 5.73 Å². The van der Waals surface area contributed by atoms with E-state index in [0.29, 0.717) is 6.54 Å². The number of hydrogen-bond acceptors (Lipinski definition) is 3. The predicted molar refractivity (Wildman–Crippen MR) is 63.1 cm³/mol. The molecule has 2 nitrogen and oxygen atoms in total. The Morgan fingerprint density at radius 2 is 2.29 bits per heavy atom. The maximum Gasteiger partial charge on any atom is 0.159 e. The van der Waals surface area contributed by atoms with Crippen molar-refractivity contribution in [3.05, 3.63) is 39.1 Å². The van der Waals surface area contributed by atoms with Gasteiger partial charge in [-0.15, -0.1) is 11.3 Å². The minimum absolute atomic E-state index is 0.569. The second-order valence-corrected chi connectivity index (χ2v) is 5.02. The standard InChI is InChI=1S/C10H9BrN2S/c11-10-13-9(6-14-10)8-3-1-2-7(4-8)5-12/h1-4,6H,5,12H2. The molecule has 0 atom stereocenters. The first kappa shape index (κ1) is 9.83. The van der Waals surface area contributed by atoms with Gasteiger partial charge >= 0.3 is 0 Å². The molecule has 0 aliphatic rings. The van der Waals surface area contributed by atoms with Crippen LogP contribution in [0.3, 0.4) is 0 Å². The summed E-state index contributed by atoms with van der Waals surface area (Å²) in [5.41, 5.74) is 8.82. The number of hydrogen-bond donors (Lipinski definition) is 1. The number of nitrogens with two attached hydrogens (primary N) is 1. The Labute approximate surface area is 94.9 Å². The molecule has 1 heterocycles. The highest BCUT2D eigenvalue weighted by Gasteiger charge is 2.02. The fraction of sp³-hybridized carbons (Fsp3) is 0.100. The molecule has 72 valence electrons. The first-order valence-corrected chi connectivity index (χ1v) is 5.87. The van der Waals surface area contributed by atoms with E-state index in [1.54, 1.807) is 11.3 Å². The third-order valence-electron chi connectivity index (χ3n) is 1.93. The van der Waals surface area contributed by atoms with Crippen molar-refractivity contribution < 1.29 is 0 Å². The second kappa shape index (κ2) is 4.21. The molecular formula is C10H9BrN2S. The van der Waals surface area contributed by atoms with Crippen molar-refractivity contribution in [1.29, 1.82) is 0 Å². The van der Waals surface area contributed by atoms with Crippen molar-refractivity contribution in [2.24, 2.45) is 5.73 Å². The number of halogens is 1. The van der Waals surface area contributed by atoms with E-state index in [1.165, 1.54) is 0 Å². The molecule has 4 heteroatoms. The molecule has 0 saturated carbocycles. The molecule has 0 radical (unpaired) electrons. The monoisotopic (exact) mass is 268 g/mol. The van der Waals surface area contributed by atoms with Crippen molar-refractivity contribution in [2.45, 2.75) is 6.54 Å². The molecule has 0 spiro atoms. The summed E-state index contributed by atoms with van der Waals surface area (Å²) in [7, 11) is 0. The summed E-state index contributed by atoms with van der Waals surface area (Å²) in [6, 6.07) is 8.14. The van der Waals surface area contributed by atoms with E-state index in [4.69, 9.17) is 5.73 Å². The summed E-state index contributed by atoms with van der Waals surface area (Å²) < 4.78 is 0.908. The average Bonchev–Trinajstić information content (AvgIpc) is 2.65. The lowest BCUT2D eigenvalue weighted by Crippen LogP contribution is -1.95. The van der Waals surface area contributed by atoms with E-state index in [2.05, 4.69) is 27.0 Å². The number of rotatable bonds is 2. The van der Waals surface area contributed by atoms with Gasteiger partial charge in [-0.25, -0.2) is 4.98 Å². The van der Waals surface area contributed by atoms with Crippen LogP contribution < -0.4 is 5.73 Å². The van der Waals surface area contributed by atoms with E-state index in [9.17, 15) is 0 Å². The zero-order valence-corrected chi connectivity index (χ0v) is 9.81. The summed E-state index contributed by atoms with van der Waals surface area (Å²) in [6.45, 7) is 0.569. The van der Waals surface area contributed by atoms with Crippen molar-refractivity contribution in [2.75, 3.05) is 0 Å². The van der Waals surface area contributed by atoms with Crippen LogP contribution in [-0.4, -0.2) is 4.98 Å². The summed E-state index contributed by atoms with van der Waals surface area (Å²) >= 11 is 4.93. The molecule has 1 aromatic carbocycles. The lowest BCUT2D eigenvalue weighted by molar-refractivity contribution is 1.07. The van der Waals surface area contributed by atoms with Crippen LogP contribution in [0, 0.1) is 0 Å². The van der Waals surface area contributed by atoms with Crippen molar-refractivity contribution in [3.63, 3.8) is 0 Å². The highest BCUT2D eigenvalue weighted by atomic mass is 79.9. The second-order valence-electron chi connectivity index (χ2n) is 2.89. The Bertz CT molecular complexity index is 439. The van der Waals surface area contributed by atoms with Gasteiger partial charge in [0.05, 0.1) is 5.69 Å². The van der Waals surface area contributed by atoms with Gasteiger partial charge in [0, 0.05) is 17.5 Å². The predicted octanol–water partition coefficient (Wildman–Crippen LogP) is 3.03. The Morgan fingerprint density at radius 1 is 1.43 bits per heavy atom. The maximum atomic E-state index is 5.57. The Morgan fingerprint density at radius 3 is 2.93 bits per heavy atom. The Balaban J connectivity index is 2.41. The number of aromatic nitrogens is 1. The summed E-state index contributed by atoms with van der Waals surface area (Å²) in [5.74, 6) is 0. The lowest BCUT2D eigenvalue weighted by Gasteiger charge is -1.99. The summed E-state index contributed by atoms with van der Waals surface area (Å²) in [4.78, 5) is 4.35. The molecule has 0 saturated heterocycles. The minimum Gasteiger partial charge on any atom is -0.326 e. The zero-order chi connectivity index (χ0) is 9.97. The van der Waals surface area contributed by atoms with Gasteiger partial charge in [-0.2, -0.15) is 0 Å². The third-order valence-corrected chi connectivity index (χ3v) is 3.30. The van der Waals surface area contributed by atoms with Gasteiger partial charge in [0.25, 0.3) is 0 Å². The normalized spacial score (nSPS) is 10.4. The van der Waals surface area contributed by atoms with E-state index < -0.39 is 0 Å². The van der Waals surface area contributed by atoms with E-state index in [1.807, 2.05) is 23.6 Å². The van der Waals surface area contributed by atoms with Crippen LogP contribution >= 0.6 is 27.3 Å². The van der Waals surface area contributed by atoms with Crippen LogP contribution in [0.25, 0.3) is 11.3 Å². The van der Waals surface area contributed by atoms with Crippen LogP contribution in [0.4, 0.5) is 0 Å². The molecule has 0 aliphatic carbocycles. The van der Waals surface area contributed by atoms with Crippen LogP contribution in [0.2, 0.25) is 0 Å². The molecule has 2 rings (SSSR count). The number of nitrogens with zero attached hydrogens (tertiary/aromatic N) is 1. The lowest BCUT2D eigenvalue weighted by atomic mass is 10.1. The van der Waals surface area contributed by atoms with Crippen LogP contribution in [0.5, 0.6) is 0 Å². The molecular weight excluding hydrogens is 260 g/mol. The first-order valence-electron chi connectivity index (χ1n) is 4.20. The van der Waals surface area contributed by atoms with Gasteiger partial charge in [0.1, 0.15) is 0 Å². The molecule has 0 aliphatic heterocycles. The molecule has 0 amide bonds. The molecule has 1 aromatic heterocycles. The quantitative estimate of drug-likeness (QED) is 0.910. The number of benzene rings is 1. The fourth-order valence-corrected chi connectivity index (χ4v) is 2.26. The Kier molecular flexibility index (Phi) is 2.96.